The molecule has 1 aromatic rings. The van der Waals surface area contributed by atoms with E-state index in [-0.39, 0.29) is 5.75 Å². The average Bonchev–Trinajstić information content (AvgIpc) is 2.38. The third-order valence-corrected chi connectivity index (χ3v) is 4.21. The Labute approximate surface area is 140 Å². The number of anilines is 1. The minimum atomic E-state index is -1.40. The Morgan fingerprint density at radius 3 is 2.26 bits per heavy atom. The molecule has 0 fully saturated rings. The van der Waals surface area contributed by atoms with Crippen LogP contribution >= 0.6 is 11.8 Å². The molecule has 0 saturated heterocycles. The van der Waals surface area contributed by atoms with Gasteiger partial charge in [-0.05, 0) is 45.4 Å². The number of nitrogens with one attached hydrogen (secondary N) is 1. The minimum absolute atomic E-state index is 0.214. The lowest BCUT2D eigenvalue weighted by Crippen LogP contribution is -2.55. The topological polar surface area (TPSA) is 102 Å². The Bertz CT molecular complexity index is 554. The fourth-order valence-electron chi connectivity index (χ4n) is 1.67. The highest BCUT2D eigenvalue weighted by molar-refractivity contribution is 7.98. The molecule has 0 aromatic heterocycles. The number of carboxylic acids is 1. The Morgan fingerprint density at radius 1 is 1.22 bits per heavy atom. The number of nitrogens with two attached hydrogens (primary N) is 1. The quantitative estimate of drug-likeness (QED) is 0.688. The van der Waals surface area contributed by atoms with Crippen molar-refractivity contribution in [2.24, 2.45) is 0 Å². The van der Waals surface area contributed by atoms with Gasteiger partial charge in [0, 0.05) is 17.2 Å². The second-order valence-corrected chi connectivity index (χ2v) is 7.48. The van der Waals surface area contributed by atoms with Gasteiger partial charge in [-0.15, -0.1) is 0 Å². The van der Waals surface area contributed by atoms with E-state index >= 15 is 0 Å². The van der Waals surface area contributed by atoms with Gasteiger partial charge in [0.25, 0.3) is 0 Å². The van der Waals surface area contributed by atoms with E-state index in [1.165, 1.54) is 18.7 Å². The van der Waals surface area contributed by atoms with Gasteiger partial charge in [-0.2, -0.15) is 11.8 Å². The Morgan fingerprint density at radius 2 is 1.78 bits per heavy atom. The molecule has 1 aromatic carbocycles. The van der Waals surface area contributed by atoms with Crippen molar-refractivity contribution in [3.05, 3.63) is 29.8 Å². The number of alkyl carbamates (subject to hydrolysis) is 1. The van der Waals surface area contributed by atoms with Gasteiger partial charge in [0.15, 0.2) is 0 Å². The molecule has 0 bridgehead atoms. The van der Waals surface area contributed by atoms with Gasteiger partial charge in [-0.25, -0.2) is 9.59 Å². The number of carbonyl (C=O) groups excluding carboxylic acids is 1. The van der Waals surface area contributed by atoms with Gasteiger partial charge in [-0.1, -0.05) is 12.1 Å². The largest absolute Gasteiger partial charge is 0.479 e. The maximum atomic E-state index is 11.8. The number of carboxylic acid groups (broad SMARTS) is 1. The van der Waals surface area contributed by atoms with Gasteiger partial charge in [0.05, 0.1) is 0 Å². The molecule has 4 N–H and O–H groups in total. The van der Waals surface area contributed by atoms with Gasteiger partial charge in [0.2, 0.25) is 0 Å². The summed E-state index contributed by atoms with van der Waals surface area (Å²) in [7, 11) is 0. The molecule has 0 aliphatic rings. The molecule has 1 amide bonds. The van der Waals surface area contributed by atoms with Crippen LogP contribution in [0.3, 0.4) is 0 Å². The Balaban J connectivity index is 2.61. The zero-order valence-corrected chi connectivity index (χ0v) is 14.7. The number of benzene rings is 1. The van der Waals surface area contributed by atoms with Gasteiger partial charge >= 0.3 is 12.1 Å². The number of thioether (sulfide) groups is 1. The van der Waals surface area contributed by atoms with Crippen LogP contribution in [0.15, 0.2) is 24.3 Å². The van der Waals surface area contributed by atoms with E-state index in [1.54, 1.807) is 32.9 Å². The second kappa shape index (κ2) is 7.59. The zero-order valence-electron chi connectivity index (χ0n) is 13.9. The molecule has 0 radical (unpaired) electrons. The average molecular weight is 340 g/mol. The van der Waals surface area contributed by atoms with Gasteiger partial charge in [0.1, 0.15) is 11.1 Å². The molecule has 6 nitrogen and oxygen atoms in total. The van der Waals surface area contributed by atoms with Gasteiger partial charge < -0.3 is 20.9 Å². The number of carbonyl (C=O) groups is 2. The summed E-state index contributed by atoms with van der Waals surface area (Å²) in [6.07, 6.45) is -0.740. The standard InChI is InChI=1S/C16H24N2O4S/c1-15(2,3)22-14(21)18-16(4,13(19)20)10-23-9-11-5-7-12(17)8-6-11/h5-8H,9-10,17H2,1-4H3,(H,18,21)(H,19,20)/t16-/m0/s1. The van der Waals surface area contributed by atoms with E-state index in [2.05, 4.69) is 5.32 Å². The van der Waals surface area contributed by atoms with Crippen LogP contribution in [0.5, 0.6) is 0 Å². The van der Waals surface area contributed by atoms with Crippen LogP contribution in [0.2, 0.25) is 0 Å². The summed E-state index contributed by atoms with van der Waals surface area (Å²) in [4.78, 5) is 23.3. The van der Waals surface area contributed by atoms with E-state index < -0.39 is 23.2 Å². The lowest BCUT2D eigenvalue weighted by atomic mass is 10.1. The summed E-state index contributed by atoms with van der Waals surface area (Å²) in [6, 6.07) is 7.37. The molecule has 128 valence electrons. The maximum Gasteiger partial charge on any atom is 0.408 e. The molecule has 0 spiro atoms. The van der Waals surface area contributed by atoms with Crippen molar-refractivity contribution in [3.63, 3.8) is 0 Å². The first kappa shape index (κ1) is 19.2. The SMILES string of the molecule is CC(C)(C)OC(=O)N[C@@](C)(CSCc1ccc(N)cc1)C(=O)O. The van der Waals surface area contributed by atoms with Crippen LogP contribution in [-0.4, -0.2) is 34.1 Å². The van der Waals surface area contributed by atoms with E-state index in [4.69, 9.17) is 10.5 Å². The molecule has 1 atom stereocenters. The van der Waals surface area contributed by atoms with Crippen molar-refractivity contribution < 1.29 is 19.4 Å². The number of nitrogen functional groups attached to an aromatic ring is 1. The molecule has 7 heteroatoms. The first-order valence-corrected chi connectivity index (χ1v) is 8.34. The van der Waals surface area contributed by atoms with E-state index in [0.717, 1.165) is 5.56 Å². The maximum absolute atomic E-state index is 11.8. The summed E-state index contributed by atoms with van der Waals surface area (Å²) in [5.41, 5.74) is 5.26. The highest BCUT2D eigenvalue weighted by atomic mass is 32.2. The van der Waals surface area contributed by atoms with Crippen molar-refractivity contribution in [2.75, 3.05) is 11.5 Å². The summed E-state index contributed by atoms with van der Waals surface area (Å²) in [5.74, 6) is -0.265. The number of amides is 1. The smallest absolute Gasteiger partial charge is 0.408 e. The zero-order chi connectivity index (χ0) is 17.7. The van der Waals surface area contributed by atoms with E-state index in [1.807, 2.05) is 12.1 Å². The Hall–Kier alpha value is -1.89. The Kier molecular flexibility index (Phi) is 6.32. The van der Waals surface area contributed by atoms with Crippen molar-refractivity contribution in [3.8, 4) is 0 Å². The van der Waals surface area contributed by atoms with Crippen LogP contribution in [0.25, 0.3) is 0 Å². The normalized spacial score (nSPS) is 13.9. The van der Waals surface area contributed by atoms with Crippen LogP contribution in [0.1, 0.15) is 33.3 Å². The number of aliphatic carboxylic acids is 1. The van der Waals surface area contributed by atoms with Crippen molar-refractivity contribution in [2.45, 2.75) is 44.6 Å². The van der Waals surface area contributed by atoms with Crippen LogP contribution in [0.4, 0.5) is 10.5 Å². The molecule has 0 aliphatic heterocycles. The molecule has 23 heavy (non-hydrogen) atoms. The third-order valence-electron chi connectivity index (χ3n) is 2.89. The van der Waals surface area contributed by atoms with Crippen LogP contribution < -0.4 is 11.1 Å². The summed E-state index contributed by atoms with van der Waals surface area (Å²) in [5, 5.41) is 11.9. The number of ether oxygens (including phenoxy) is 1. The molecule has 0 unspecified atom stereocenters. The fraction of sp³-hybridized carbons (Fsp3) is 0.500. The molecule has 0 aliphatic carbocycles. The summed E-state index contributed by atoms with van der Waals surface area (Å²) >= 11 is 1.42. The molecular weight excluding hydrogens is 316 g/mol. The monoisotopic (exact) mass is 340 g/mol. The molecule has 0 saturated carbocycles. The lowest BCUT2D eigenvalue weighted by molar-refractivity contribution is -0.143. The van der Waals surface area contributed by atoms with E-state index in [0.29, 0.717) is 11.4 Å². The van der Waals surface area contributed by atoms with Gasteiger partial charge in [-0.3, -0.25) is 0 Å². The summed E-state index contributed by atoms with van der Waals surface area (Å²) < 4.78 is 5.12. The summed E-state index contributed by atoms with van der Waals surface area (Å²) in [6.45, 7) is 6.64. The number of rotatable bonds is 6. The highest BCUT2D eigenvalue weighted by Crippen LogP contribution is 2.20. The number of hydrogen-bond acceptors (Lipinski definition) is 5. The van der Waals surface area contributed by atoms with Crippen LogP contribution in [-0.2, 0) is 15.3 Å². The predicted octanol–water partition coefficient (Wildman–Crippen LogP) is 2.87. The predicted molar refractivity (Wildman–Crippen MR) is 92.4 cm³/mol. The first-order valence-electron chi connectivity index (χ1n) is 7.18. The molecule has 0 heterocycles. The van der Waals surface area contributed by atoms with Crippen molar-refractivity contribution in [1.82, 2.24) is 5.32 Å². The van der Waals surface area contributed by atoms with Crippen LogP contribution in [0, 0.1) is 0 Å². The van der Waals surface area contributed by atoms with Crippen molar-refractivity contribution in [1.29, 1.82) is 0 Å². The highest BCUT2D eigenvalue weighted by Gasteiger charge is 2.36. The molecule has 1 rings (SSSR count). The minimum Gasteiger partial charge on any atom is -0.479 e. The first-order chi connectivity index (χ1) is 10.5. The molecular formula is C16H24N2O4S. The van der Waals surface area contributed by atoms with E-state index in [9.17, 15) is 14.7 Å². The third kappa shape index (κ3) is 6.81. The second-order valence-electron chi connectivity index (χ2n) is 6.50. The van der Waals surface area contributed by atoms with Crippen molar-refractivity contribution >= 4 is 29.5 Å². The number of hydrogen-bond donors (Lipinski definition) is 3. The lowest BCUT2D eigenvalue weighted by Gasteiger charge is -2.28. The fourth-order valence-corrected chi connectivity index (χ4v) is 2.80.